The molecule has 2 aliphatic rings. The molecule has 0 bridgehead atoms. The van der Waals surface area contributed by atoms with Crippen LogP contribution in [0.3, 0.4) is 0 Å². The predicted octanol–water partition coefficient (Wildman–Crippen LogP) is -2.13. The largest absolute Gasteiger partial charge is 0.465 e. The molecule has 2 fully saturated rings. The van der Waals surface area contributed by atoms with Crippen LogP contribution in [-0.4, -0.2) is 65.3 Å². The van der Waals surface area contributed by atoms with Crippen LogP contribution in [0.4, 0.5) is 0 Å². The molecule has 1 aromatic rings. The number of esters is 2. The van der Waals surface area contributed by atoms with Gasteiger partial charge >= 0.3 is 29.0 Å². The molecule has 0 radical (unpaired) electrons. The summed E-state index contributed by atoms with van der Waals surface area (Å²) in [7, 11) is 1.22. The summed E-state index contributed by atoms with van der Waals surface area (Å²) in [5.74, 6) is -0.777. The van der Waals surface area contributed by atoms with Gasteiger partial charge in [-0.1, -0.05) is 0 Å². The summed E-state index contributed by atoms with van der Waals surface area (Å²) in [6, 6.07) is 0. The predicted molar refractivity (Wildman–Crippen MR) is 100.0 cm³/mol. The Kier molecular flexibility index (Phi) is 7.21. The Morgan fingerprint density at radius 3 is 1.53 bits per heavy atom. The molecule has 166 valence electrons. The van der Waals surface area contributed by atoms with Gasteiger partial charge in [0.1, 0.15) is 0 Å². The number of hydrogen-bond acceptors (Lipinski definition) is 9. The highest BCUT2D eigenvalue weighted by molar-refractivity contribution is 5.69. The van der Waals surface area contributed by atoms with Crippen LogP contribution in [0.25, 0.3) is 0 Å². The smallest absolute Gasteiger partial charge is 0.336 e. The molecular formula is C18H25N3O9. The lowest BCUT2D eigenvalue weighted by Crippen LogP contribution is -2.54. The maximum atomic E-state index is 12.6. The van der Waals surface area contributed by atoms with Crippen molar-refractivity contribution >= 4 is 11.9 Å². The summed E-state index contributed by atoms with van der Waals surface area (Å²) in [6.45, 7) is 2.12. The van der Waals surface area contributed by atoms with Crippen molar-refractivity contribution in [2.75, 3.05) is 39.6 Å². The summed E-state index contributed by atoms with van der Waals surface area (Å²) < 4.78 is 22.5. The van der Waals surface area contributed by atoms with Crippen LogP contribution in [0.15, 0.2) is 14.4 Å². The standard InChI is InChI=1S/C18H25N3O9/c1-19-16(24)20(4-2-14(22)29-10-12-6-27-7-12)18(26)21(17(19)25)5-3-15(23)30-11-13-8-28-9-13/h12-13H,2-11H2,1H3. The summed E-state index contributed by atoms with van der Waals surface area (Å²) in [5, 5.41) is 0. The van der Waals surface area contributed by atoms with Gasteiger partial charge in [0.05, 0.1) is 52.5 Å². The molecule has 0 aromatic carbocycles. The van der Waals surface area contributed by atoms with E-state index in [1.807, 2.05) is 0 Å². The minimum Gasteiger partial charge on any atom is -0.465 e. The Balaban J connectivity index is 1.60. The number of carbonyl (C=O) groups is 2. The average Bonchev–Trinajstić information content (AvgIpc) is 2.63. The van der Waals surface area contributed by atoms with Crippen LogP contribution in [-0.2, 0) is 48.7 Å². The van der Waals surface area contributed by atoms with Gasteiger partial charge in [0, 0.05) is 32.0 Å². The molecule has 3 rings (SSSR count). The molecule has 0 amide bonds. The molecule has 12 nitrogen and oxygen atoms in total. The zero-order valence-corrected chi connectivity index (χ0v) is 16.7. The van der Waals surface area contributed by atoms with Crippen LogP contribution in [0, 0.1) is 11.8 Å². The van der Waals surface area contributed by atoms with Crippen molar-refractivity contribution in [2.24, 2.45) is 18.9 Å². The number of ether oxygens (including phenoxy) is 4. The quantitative estimate of drug-likeness (QED) is 0.383. The number of rotatable bonds is 10. The number of nitrogens with zero attached hydrogens (tertiary/aromatic N) is 3. The lowest BCUT2D eigenvalue weighted by atomic mass is 10.1. The molecule has 2 saturated heterocycles. The van der Waals surface area contributed by atoms with Crippen LogP contribution < -0.4 is 17.1 Å². The molecule has 30 heavy (non-hydrogen) atoms. The molecule has 0 saturated carbocycles. The van der Waals surface area contributed by atoms with E-state index >= 15 is 0 Å². The SMILES string of the molecule is Cn1c(=O)n(CCC(=O)OCC2COC2)c(=O)n(CCC(=O)OCC2COC2)c1=O. The Labute approximate surface area is 170 Å². The fraction of sp³-hybridized carbons (Fsp3) is 0.722. The molecule has 0 atom stereocenters. The summed E-state index contributed by atoms with van der Waals surface area (Å²) >= 11 is 0. The second-order valence-corrected chi connectivity index (χ2v) is 7.38. The third kappa shape index (κ3) is 5.25. The van der Waals surface area contributed by atoms with Crippen LogP contribution in [0.2, 0.25) is 0 Å². The van der Waals surface area contributed by atoms with E-state index in [1.165, 1.54) is 7.05 Å². The van der Waals surface area contributed by atoms with Crippen LogP contribution in [0.5, 0.6) is 0 Å². The highest BCUT2D eigenvalue weighted by atomic mass is 16.6. The minimum absolute atomic E-state index is 0.169. The average molecular weight is 427 g/mol. The first kappa shape index (κ1) is 22.0. The molecule has 12 heteroatoms. The van der Waals surface area contributed by atoms with E-state index in [-0.39, 0.29) is 51.0 Å². The summed E-state index contributed by atoms with van der Waals surface area (Å²) in [6.07, 6.45) is -0.404. The first-order chi connectivity index (χ1) is 14.4. The molecule has 2 aliphatic heterocycles. The molecule has 0 spiro atoms. The summed E-state index contributed by atoms with van der Waals surface area (Å²) in [4.78, 5) is 60.9. The van der Waals surface area contributed by atoms with Gasteiger partial charge in [0.2, 0.25) is 0 Å². The van der Waals surface area contributed by atoms with E-state index < -0.39 is 29.0 Å². The van der Waals surface area contributed by atoms with Gasteiger partial charge in [-0.3, -0.25) is 9.59 Å². The number of carbonyl (C=O) groups excluding carboxylic acids is 2. The molecule has 3 heterocycles. The highest BCUT2D eigenvalue weighted by Gasteiger charge is 2.22. The Morgan fingerprint density at radius 2 is 1.20 bits per heavy atom. The molecular weight excluding hydrogens is 402 g/mol. The number of hydrogen-bond donors (Lipinski definition) is 0. The fourth-order valence-electron chi connectivity index (χ4n) is 2.87. The maximum Gasteiger partial charge on any atom is 0.336 e. The zero-order valence-electron chi connectivity index (χ0n) is 16.7. The molecule has 0 unspecified atom stereocenters. The van der Waals surface area contributed by atoms with Gasteiger partial charge < -0.3 is 18.9 Å². The first-order valence-corrected chi connectivity index (χ1v) is 9.74. The van der Waals surface area contributed by atoms with E-state index in [9.17, 15) is 24.0 Å². The molecule has 1 aromatic heterocycles. The van der Waals surface area contributed by atoms with E-state index in [1.54, 1.807) is 0 Å². The topological polar surface area (TPSA) is 137 Å². The van der Waals surface area contributed by atoms with Crippen molar-refractivity contribution in [1.29, 1.82) is 0 Å². The second kappa shape index (κ2) is 9.85. The van der Waals surface area contributed by atoms with E-state index in [0.29, 0.717) is 26.4 Å². The third-order valence-electron chi connectivity index (χ3n) is 4.95. The van der Waals surface area contributed by atoms with Gasteiger partial charge in [0.15, 0.2) is 0 Å². The van der Waals surface area contributed by atoms with Crippen molar-refractivity contribution in [3.8, 4) is 0 Å². The van der Waals surface area contributed by atoms with Gasteiger partial charge in [-0.15, -0.1) is 0 Å². The Hall–Kier alpha value is -2.73. The van der Waals surface area contributed by atoms with Crippen molar-refractivity contribution in [3.63, 3.8) is 0 Å². The summed E-state index contributed by atoms with van der Waals surface area (Å²) in [5.41, 5.74) is -2.56. The lowest BCUT2D eigenvalue weighted by Gasteiger charge is -2.25. The van der Waals surface area contributed by atoms with E-state index in [0.717, 1.165) is 13.7 Å². The highest BCUT2D eigenvalue weighted by Crippen LogP contribution is 2.10. The van der Waals surface area contributed by atoms with Gasteiger partial charge in [-0.2, -0.15) is 0 Å². The first-order valence-electron chi connectivity index (χ1n) is 9.74. The van der Waals surface area contributed by atoms with Crippen molar-refractivity contribution in [2.45, 2.75) is 25.9 Å². The monoisotopic (exact) mass is 427 g/mol. The lowest BCUT2D eigenvalue weighted by molar-refractivity contribution is -0.151. The minimum atomic E-state index is -0.886. The van der Waals surface area contributed by atoms with Gasteiger partial charge in [-0.25, -0.2) is 28.1 Å². The molecule has 0 N–H and O–H groups in total. The fourth-order valence-corrected chi connectivity index (χ4v) is 2.87. The normalized spacial score (nSPS) is 16.6. The van der Waals surface area contributed by atoms with E-state index in [2.05, 4.69) is 0 Å². The Morgan fingerprint density at radius 1 is 0.800 bits per heavy atom. The third-order valence-corrected chi connectivity index (χ3v) is 4.95. The van der Waals surface area contributed by atoms with Gasteiger partial charge in [0.25, 0.3) is 0 Å². The number of aromatic nitrogens is 3. The molecule has 0 aliphatic carbocycles. The van der Waals surface area contributed by atoms with Crippen LogP contribution in [0.1, 0.15) is 12.8 Å². The maximum absolute atomic E-state index is 12.6. The zero-order chi connectivity index (χ0) is 21.7. The Bertz CT molecular complexity index is 881. The van der Waals surface area contributed by atoms with Gasteiger partial charge in [-0.05, 0) is 0 Å². The van der Waals surface area contributed by atoms with Crippen molar-refractivity contribution in [1.82, 2.24) is 13.7 Å². The van der Waals surface area contributed by atoms with Crippen molar-refractivity contribution in [3.05, 3.63) is 31.5 Å². The second-order valence-electron chi connectivity index (χ2n) is 7.38. The van der Waals surface area contributed by atoms with Crippen molar-refractivity contribution < 1.29 is 28.5 Å². The van der Waals surface area contributed by atoms with E-state index in [4.69, 9.17) is 18.9 Å². The van der Waals surface area contributed by atoms with Crippen LogP contribution >= 0.6 is 0 Å².